The van der Waals surface area contributed by atoms with Crippen LogP contribution in [0.15, 0.2) is 27.8 Å². The van der Waals surface area contributed by atoms with Crippen molar-refractivity contribution in [1.82, 2.24) is 0 Å². The summed E-state index contributed by atoms with van der Waals surface area (Å²) < 4.78 is 32.5. The van der Waals surface area contributed by atoms with Gasteiger partial charge in [-0.1, -0.05) is 21.1 Å². The van der Waals surface area contributed by atoms with E-state index in [-0.39, 0.29) is 0 Å². The Balaban J connectivity index is 2.37. The Morgan fingerprint density at radius 3 is 2.94 bits per heavy atom. The SMILES string of the molecule is CS(=O)(=O)ON=C1CCOc2ccc(Br)cc21. The van der Waals surface area contributed by atoms with E-state index in [9.17, 15) is 8.42 Å². The molecule has 1 aromatic rings. The minimum atomic E-state index is -3.58. The molecule has 0 saturated carbocycles. The van der Waals surface area contributed by atoms with E-state index in [0.717, 1.165) is 16.3 Å². The summed E-state index contributed by atoms with van der Waals surface area (Å²) in [6, 6.07) is 5.46. The molecule has 0 aliphatic carbocycles. The lowest BCUT2D eigenvalue weighted by molar-refractivity contribution is 0.309. The number of hydrogen-bond acceptors (Lipinski definition) is 5. The minimum absolute atomic E-state index is 0.459. The standard InChI is InChI=1S/C10H10BrNO4S/c1-17(13,14)16-12-9-4-5-15-10-3-2-7(11)6-8(9)10/h2-3,6H,4-5H2,1H3. The van der Waals surface area contributed by atoms with Crippen molar-refractivity contribution in [2.75, 3.05) is 12.9 Å². The highest BCUT2D eigenvalue weighted by Gasteiger charge is 2.18. The molecule has 0 atom stereocenters. The summed E-state index contributed by atoms with van der Waals surface area (Å²) in [4.78, 5) is 0. The second-order valence-electron chi connectivity index (χ2n) is 3.56. The zero-order valence-corrected chi connectivity index (χ0v) is 11.4. The summed E-state index contributed by atoms with van der Waals surface area (Å²) in [5, 5.41) is 3.66. The lowest BCUT2D eigenvalue weighted by Crippen LogP contribution is -2.17. The first kappa shape index (κ1) is 12.4. The molecule has 0 spiro atoms. The topological polar surface area (TPSA) is 65.0 Å². The molecule has 2 rings (SSSR count). The first-order valence-electron chi connectivity index (χ1n) is 4.84. The third-order valence-corrected chi connectivity index (χ3v) is 2.97. The molecule has 1 heterocycles. The molecule has 5 nitrogen and oxygen atoms in total. The van der Waals surface area contributed by atoms with Crippen molar-refractivity contribution >= 4 is 31.8 Å². The van der Waals surface area contributed by atoms with Crippen LogP contribution in [0.2, 0.25) is 0 Å². The molecule has 1 aromatic carbocycles. The van der Waals surface area contributed by atoms with Gasteiger partial charge in [-0.2, -0.15) is 8.42 Å². The van der Waals surface area contributed by atoms with Crippen molar-refractivity contribution in [1.29, 1.82) is 0 Å². The fourth-order valence-electron chi connectivity index (χ4n) is 1.45. The highest BCUT2D eigenvalue weighted by molar-refractivity contribution is 9.10. The smallest absolute Gasteiger partial charge is 0.325 e. The van der Waals surface area contributed by atoms with E-state index in [4.69, 9.17) is 4.74 Å². The lowest BCUT2D eigenvalue weighted by atomic mass is 10.0. The van der Waals surface area contributed by atoms with Crippen LogP contribution < -0.4 is 4.74 Å². The van der Waals surface area contributed by atoms with E-state index in [1.54, 1.807) is 6.07 Å². The van der Waals surface area contributed by atoms with Crippen LogP contribution in [0.1, 0.15) is 12.0 Å². The van der Waals surface area contributed by atoms with Gasteiger partial charge in [0.25, 0.3) is 0 Å². The molecular formula is C10H10BrNO4S. The van der Waals surface area contributed by atoms with E-state index >= 15 is 0 Å². The van der Waals surface area contributed by atoms with Gasteiger partial charge in [0.05, 0.1) is 18.6 Å². The van der Waals surface area contributed by atoms with E-state index in [2.05, 4.69) is 25.4 Å². The molecule has 0 bridgehead atoms. The molecule has 0 fully saturated rings. The summed E-state index contributed by atoms with van der Waals surface area (Å²) in [7, 11) is -3.58. The number of halogens is 1. The normalized spacial score (nSPS) is 17.4. The van der Waals surface area contributed by atoms with Gasteiger partial charge in [-0.3, -0.25) is 4.28 Å². The Morgan fingerprint density at radius 2 is 2.24 bits per heavy atom. The Morgan fingerprint density at radius 1 is 1.47 bits per heavy atom. The van der Waals surface area contributed by atoms with Gasteiger partial charge in [-0.15, -0.1) is 0 Å². The Kier molecular flexibility index (Phi) is 3.39. The van der Waals surface area contributed by atoms with Crippen LogP contribution in [0.3, 0.4) is 0 Å². The van der Waals surface area contributed by atoms with Gasteiger partial charge in [0.2, 0.25) is 0 Å². The van der Waals surface area contributed by atoms with Gasteiger partial charge < -0.3 is 4.74 Å². The molecule has 7 heteroatoms. The largest absolute Gasteiger partial charge is 0.492 e. The van der Waals surface area contributed by atoms with Crippen LogP contribution in [0, 0.1) is 0 Å². The van der Waals surface area contributed by atoms with Gasteiger partial charge in [-0.05, 0) is 18.2 Å². The number of fused-ring (bicyclic) bond motifs is 1. The van der Waals surface area contributed by atoms with Gasteiger partial charge in [0, 0.05) is 16.5 Å². The molecule has 0 saturated heterocycles. The van der Waals surface area contributed by atoms with Crippen molar-refractivity contribution in [3.63, 3.8) is 0 Å². The summed E-state index contributed by atoms with van der Waals surface area (Å²) in [5.74, 6) is 0.676. The van der Waals surface area contributed by atoms with E-state index in [1.807, 2.05) is 12.1 Å². The molecule has 0 unspecified atom stereocenters. The second-order valence-corrected chi connectivity index (χ2v) is 6.03. The predicted molar refractivity (Wildman–Crippen MR) is 66.7 cm³/mol. The van der Waals surface area contributed by atoms with Gasteiger partial charge in [0.15, 0.2) is 0 Å². The number of benzene rings is 1. The number of ether oxygens (including phenoxy) is 1. The molecular weight excluding hydrogens is 310 g/mol. The van der Waals surface area contributed by atoms with Crippen LogP contribution in [-0.2, 0) is 14.4 Å². The van der Waals surface area contributed by atoms with Crippen LogP contribution in [0.25, 0.3) is 0 Å². The van der Waals surface area contributed by atoms with E-state index in [0.29, 0.717) is 24.5 Å². The lowest BCUT2D eigenvalue weighted by Gasteiger charge is -2.18. The zero-order chi connectivity index (χ0) is 12.5. The number of hydrogen-bond donors (Lipinski definition) is 0. The summed E-state index contributed by atoms with van der Waals surface area (Å²) in [6.45, 7) is 0.459. The fourth-order valence-corrected chi connectivity index (χ4v) is 2.04. The zero-order valence-electron chi connectivity index (χ0n) is 9.01. The number of nitrogens with zero attached hydrogens (tertiary/aromatic N) is 1. The van der Waals surface area contributed by atoms with E-state index in [1.165, 1.54) is 0 Å². The summed E-state index contributed by atoms with van der Waals surface area (Å²) in [5.41, 5.74) is 1.31. The molecule has 0 aromatic heterocycles. The van der Waals surface area contributed by atoms with Crippen LogP contribution in [-0.4, -0.2) is 27.0 Å². The third-order valence-electron chi connectivity index (χ3n) is 2.13. The molecule has 92 valence electrons. The van der Waals surface area contributed by atoms with Crippen LogP contribution in [0.4, 0.5) is 0 Å². The molecule has 1 aliphatic heterocycles. The van der Waals surface area contributed by atoms with Gasteiger partial charge >= 0.3 is 10.1 Å². The van der Waals surface area contributed by atoms with Crippen LogP contribution in [0.5, 0.6) is 5.75 Å². The van der Waals surface area contributed by atoms with Crippen LogP contribution >= 0.6 is 15.9 Å². The fraction of sp³-hybridized carbons (Fsp3) is 0.300. The second kappa shape index (κ2) is 4.66. The minimum Gasteiger partial charge on any atom is -0.492 e. The first-order chi connectivity index (χ1) is 7.96. The summed E-state index contributed by atoms with van der Waals surface area (Å²) >= 11 is 3.34. The predicted octanol–water partition coefficient (Wildman–Crippen LogP) is 1.91. The highest BCUT2D eigenvalue weighted by atomic mass is 79.9. The maximum absolute atomic E-state index is 10.9. The quantitative estimate of drug-likeness (QED) is 0.781. The monoisotopic (exact) mass is 319 g/mol. The van der Waals surface area contributed by atoms with Crippen molar-refractivity contribution in [2.45, 2.75) is 6.42 Å². The van der Waals surface area contributed by atoms with Crippen molar-refractivity contribution in [3.05, 3.63) is 28.2 Å². The number of rotatable bonds is 2. The molecule has 17 heavy (non-hydrogen) atoms. The Labute approximate surface area is 108 Å². The maximum atomic E-state index is 10.9. The Bertz CT molecular complexity index is 568. The van der Waals surface area contributed by atoms with Crippen molar-refractivity contribution < 1.29 is 17.4 Å². The first-order valence-corrected chi connectivity index (χ1v) is 7.45. The van der Waals surface area contributed by atoms with Gasteiger partial charge in [0.1, 0.15) is 5.75 Å². The molecule has 0 amide bonds. The average molecular weight is 320 g/mol. The van der Waals surface area contributed by atoms with E-state index < -0.39 is 10.1 Å². The molecule has 1 aliphatic rings. The Hall–Kier alpha value is -1.08. The highest BCUT2D eigenvalue weighted by Crippen LogP contribution is 2.28. The maximum Gasteiger partial charge on any atom is 0.325 e. The van der Waals surface area contributed by atoms with Gasteiger partial charge in [-0.25, -0.2) is 0 Å². The third kappa shape index (κ3) is 3.19. The average Bonchev–Trinajstić information content (AvgIpc) is 2.25. The molecule has 0 radical (unpaired) electrons. The molecule has 0 N–H and O–H groups in total. The number of oxime groups is 1. The van der Waals surface area contributed by atoms with Crippen molar-refractivity contribution in [3.8, 4) is 5.75 Å². The summed E-state index contributed by atoms with van der Waals surface area (Å²) in [6.07, 6.45) is 1.47. The van der Waals surface area contributed by atoms with Crippen molar-refractivity contribution in [2.24, 2.45) is 5.16 Å².